The fourth-order valence-corrected chi connectivity index (χ4v) is 4.33. The summed E-state index contributed by atoms with van der Waals surface area (Å²) in [5.74, 6) is 1.28. The first-order chi connectivity index (χ1) is 14.0. The Kier molecular flexibility index (Phi) is 4.12. The lowest BCUT2D eigenvalue weighted by Crippen LogP contribution is -2.42. The van der Waals surface area contributed by atoms with Gasteiger partial charge >= 0.3 is 0 Å². The van der Waals surface area contributed by atoms with E-state index in [1.807, 2.05) is 41.5 Å². The van der Waals surface area contributed by atoms with Crippen LogP contribution in [0.25, 0.3) is 16.7 Å². The van der Waals surface area contributed by atoms with Crippen LogP contribution in [-0.4, -0.2) is 43.5 Å². The molecule has 7 nitrogen and oxygen atoms in total. The molecule has 3 aromatic heterocycles. The zero-order valence-electron chi connectivity index (χ0n) is 16.8. The molecule has 0 unspecified atom stereocenters. The molecule has 1 aliphatic heterocycles. The lowest BCUT2D eigenvalue weighted by Gasteiger charge is -2.37. The van der Waals surface area contributed by atoms with Gasteiger partial charge in [0, 0.05) is 35.7 Å². The normalized spacial score (nSPS) is 19.9. The summed E-state index contributed by atoms with van der Waals surface area (Å²) >= 11 is 0. The van der Waals surface area contributed by atoms with Crippen LogP contribution in [0.15, 0.2) is 41.3 Å². The van der Waals surface area contributed by atoms with Gasteiger partial charge in [-0.2, -0.15) is 10.1 Å². The van der Waals surface area contributed by atoms with Crippen molar-refractivity contribution in [2.24, 2.45) is 5.92 Å². The fourth-order valence-electron chi connectivity index (χ4n) is 4.33. The van der Waals surface area contributed by atoms with Crippen molar-refractivity contribution in [2.45, 2.75) is 33.1 Å². The molecule has 0 bridgehead atoms. The quantitative estimate of drug-likeness (QED) is 0.522. The molecule has 1 aromatic carbocycles. The Hall–Kier alpha value is -3.22. The number of benzene rings is 1. The number of fused-ring (bicyclic) bond motifs is 2. The van der Waals surface area contributed by atoms with Gasteiger partial charge in [-0.25, -0.2) is 9.50 Å². The molecule has 29 heavy (non-hydrogen) atoms. The van der Waals surface area contributed by atoms with Gasteiger partial charge in [-0.05, 0) is 56.0 Å². The Bertz CT molecular complexity index is 1220. The summed E-state index contributed by atoms with van der Waals surface area (Å²) in [6.07, 6.45) is 4.21. The lowest BCUT2D eigenvalue weighted by molar-refractivity contribution is 0.0666. The number of rotatable bonds is 2. The number of carbonyl (C=O) groups excluding carboxylic acids is 1. The molecule has 5 rings (SSSR count). The van der Waals surface area contributed by atoms with E-state index < -0.39 is 0 Å². The van der Waals surface area contributed by atoms with Gasteiger partial charge in [0.1, 0.15) is 11.9 Å². The number of hydrogen-bond donors (Lipinski definition) is 0. The van der Waals surface area contributed by atoms with Crippen LogP contribution in [0, 0.1) is 19.8 Å². The Labute approximate surface area is 168 Å². The third kappa shape index (κ3) is 2.97. The highest BCUT2D eigenvalue weighted by molar-refractivity contribution is 5.98. The van der Waals surface area contributed by atoms with Crippen LogP contribution in [0.4, 0.5) is 0 Å². The van der Waals surface area contributed by atoms with Crippen LogP contribution in [0.3, 0.4) is 0 Å². The van der Waals surface area contributed by atoms with Gasteiger partial charge in [0.15, 0.2) is 0 Å². The highest BCUT2D eigenvalue weighted by Crippen LogP contribution is 2.33. The third-order valence-electron chi connectivity index (χ3n) is 6.05. The van der Waals surface area contributed by atoms with Crippen LogP contribution in [0.5, 0.6) is 0 Å². The molecule has 0 radical (unpaired) electrons. The number of aromatic nitrogens is 4. The molecule has 2 atom stereocenters. The van der Waals surface area contributed by atoms with Gasteiger partial charge in [0.05, 0.1) is 12.0 Å². The fraction of sp³-hybridized carbons (Fsp3) is 0.364. The van der Waals surface area contributed by atoms with Gasteiger partial charge in [-0.15, -0.1) is 0 Å². The molecule has 0 N–H and O–H groups in total. The summed E-state index contributed by atoms with van der Waals surface area (Å²) in [7, 11) is 0. The second-order valence-electron chi connectivity index (χ2n) is 8.05. The Morgan fingerprint density at radius 3 is 2.97 bits per heavy atom. The standard InChI is InChI=1S/C22H23N5O2/c1-13-6-7-26(21(28)16-4-5-20-17(9-16)14(2)11-29-20)10-18(13)19-8-15(3)25-22-23-12-24-27(19)22/h4-5,8-9,11-13,18H,6-7,10H2,1-3H3/t13-,18-/m1/s1. The van der Waals surface area contributed by atoms with Gasteiger partial charge in [0.25, 0.3) is 11.7 Å². The van der Waals surface area contributed by atoms with E-state index in [0.717, 1.165) is 40.9 Å². The van der Waals surface area contributed by atoms with Crippen LogP contribution in [0.2, 0.25) is 0 Å². The van der Waals surface area contributed by atoms with Crippen LogP contribution >= 0.6 is 0 Å². The minimum atomic E-state index is 0.0602. The molecule has 148 valence electrons. The molecule has 1 fully saturated rings. The minimum Gasteiger partial charge on any atom is -0.464 e. The van der Waals surface area contributed by atoms with E-state index in [1.54, 1.807) is 6.26 Å². The molecule has 1 amide bonds. The number of amides is 1. The van der Waals surface area contributed by atoms with E-state index in [0.29, 0.717) is 23.8 Å². The van der Waals surface area contributed by atoms with Crippen molar-refractivity contribution in [3.8, 4) is 0 Å². The zero-order chi connectivity index (χ0) is 20.1. The van der Waals surface area contributed by atoms with Gasteiger partial charge in [0.2, 0.25) is 0 Å². The molecule has 1 saturated heterocycles. The van der Waals surface area contributed by atoms with Crippen molar-refractivity contribution in [1.82, 2.24) is 24.5 Å². The maximum Gasteiger partial charge on any atom is 0.253 e. The van der Waals surface area contributed by atoms with Crippen LogP contribution in [-0.2, 0) is 0 Å². The largest absolute Gasteiger partial charge is 0.464 e. The predicted molar refractivity (Wildman–Crippen MR) is 109 cm³/mol. The Morgan fingerprint density at radius 2 is 2.10 bits per heavy atom. The zero-order valence-corrected chi connectivity index (χ0v) is 16.8. The molecule has 0 saturated carbocycles. The molecule has 0 aliphatic carbocycles. The number of likely N-dealkylation sites (tertiary alicyclic amines) is 1. The van der Waals surface area contributed by atoms with E-state index in [9.17, 15) is 4.79 Å². The van der Waals surface area contributed by atoms with Crippen LogP contribution in [0.1, 0.15) is 46.6 Å². The third-order valence-corrected chi connectivity index (χ3v) is 6.05. The first-order valence-electron chi connectivity index (χ1n) is 9.95. The first-order valence-corrected chi connectivity index (χ1v) is 9.95. The average Bonchev–Trinajstić information content (AvgIpc) is 3.33. The second-order valence-corrected chi connectivity index (χ2v) is 8.05. The number of aryl methyl sites for hydroxylation is 2. The Morgan fingerprint density at radius 1 is 1.24 bits per heavy atom. The summed E-state index contributed by atoms with van der Waals surface area (Å²) in [5.41, 5.74) is 4.53. The number of furan rings is 1. The molecular weight excluding hydrogens is 366 g/mol. The smallest absolute Gasteiger partial charge is 0.253 e. The van der Waals surface area contributed by atoms with Gasteiger partial charge in [-0.1, -0.05) is 6.92 Å². The SMILES string of the molecule is Cc1cc([C@@H]2CN(C(=O)c3ccc4occ(C)c4c3)CC[C@H]2C)n2ncnc2n1. The maximum absolute atomic E-state index is 13.3. The van der Waals surface area contributed by atoms with Crippen molar-refractivity contribution in [3.63, 3.8) is 0 Å². The lowest BCUT2D eigenvalue weighted by atomic mass is 9.84. The van der Waals surface area contributed by atoms with Crippen molar-refractivity contribution in [3.05, 3.63) is 59.4 Å². The highest BCUT2D eigenvalue weighted by atomic mass is 16.3. The molecule has 1 aliphatic rings. The molecule has 0 spiro atoms. The van der Waals surface area contributed by atoms with Crippen LogP contribution < -0.4 is 0 Å². The molecule has 4 heterocycles. The van der Waals surface area contributed by atoms with E-state index in [-0.39, 0.29) is 11.8 Å². The Balaban J connectivity index is 1.48. The topological polar surface area (TPSA) is 76.5 Å². The highest BCUT2D eigenvalue weighted by Gasteiger charge is 2.32. The second kappa shape index (κ2) is 6.69. The monoisotopic (exact) mass is 389 g/mol. The summed E-state index contributed by atoms with van der Waals surface area (Å²) in [6.45, 7) is 7.61. The molecular formula is C22H23N5O2. The molecule has 7 heteroatoms. The first kappa shape index (κ1) is 17.8. The minimum absolute atomic E-state index is 0.0602. The summed E-state index contributed by atoms with van der Waals surface area (Å²) < 4.78 is 7.32. The van der Waals surface area contributed by atoms with Gasteiger partial charge in [-0.3, -0.25) is 4.79 Å². The van der Waals surface area contributed by atoms with Crippen molar-refractivity contribution < 1.29 is 9.21 Å². The number of carbonyl (C=O) groups is 1. The van der Waals surface area contributed by atoms with Crippen molar-refractivity contribution in [2.75, 3.05) is 13.1 Å². The maximum atomic E-state index is 13.3. The molecule has 4 aromatic rings. The summed E-state index contributed by atoms with van der Waals surface area (Å²) in [5, 5.41) is 5.36. The number of hydrogen-bond acceptors (Lipinski definition) is 5. The number of nitrogens with zero attached hydrogens (tertiary/aromatic N) is 5. The predicted octanol–water partition coefficient (Wildman–Crippen LogP) is 3.75. The van der Waals surface area contributed by atoms with E-state index in [1.165, 1.54) is 6.33 Å². The summed E-state index contributed by atoms with van der Waals surface area (Å²) in [4.78, 5) is 23.9. The number of piperidine rings is 1. The van der Waals surface area contributed by atoms with Gasteiger partial charge < -0.3 is 9.32 Å². The van der Waals surface area contributed by atoms with Crippen molar-refractivity contribution in [1.29, 1.82) is 0 Å². The van der Waals surface area contributed by atoms with E-state index in [4.69, 9.17) is 4.42 Å². The van der Waals surface area contributed by atoms with E-state index in [2.05, 4.69) is 28.1 Å². The average molecular weight is 389 g/mol. The summed E-state index contributed by atoms with van der Waals surface area (Å²) in [6, 6.07) is 7.74. The van der Waals surface area contributed by atoms with Crippen molar-refractivity contribution >= 4 is 22.7 Å². The van der Waals surface area contributed by atoms with E-state index >= 15 is 0 Å².